The molecule has 1 aromatic rings. The van der Waals surface area contributed by atoms with E-state index in [1.807, 2.05) is 0 Å². The first kappa shape index (κ1) is 11.4. The second-order valence-corrected chi connectivity index (χ2v) is 2.76. The standard InChI is InChI=1S/C8H6F3NO3/c9-8(10,11)6-2-1-5(4-13)7(3-6)12(14)15/h1-3,13H,4H2. The van der Waals surface area contributed by atoms with Crippen molar-refractivity contribution in [2.45, 2.75) is 12.8 Å². The predicted molar refractivity (Wildman–Crippen MR) is 44.0 cm³/mol. The highest BCUT2D eigenvalue weighted by Crippen LogP contribution is 2.32. The van der Waals surface area contributed by atoms with E-state index in [0.29, 0.717) is 12.1 Å². The quantitative estimate of drug-likeness (QED) is 0.614. The summed E-state index contributed by atoms with van der Waals surface area (Å²) in [6, 6.07) is 1.99. The highest BCUT2D eigenvalue weighted by molar-refractivity contribution is 5.43. The third-order valence-corrected chi connectivity index (χ3v) is 1.78. The van der Waals surface area contributed by atoms with E-state index in [0.717, 1.165) is 6.07 Å². The van der Waals surface area contributed by atoms with Gasteiger partial charge in [0.15, 0.2) is 0 Å². The molecule has 0 saturated carbocycles. The molecule has 1 rings (SSSR count). The number of benzene rings is 1. The SMILES string of the molecule is O=[N+]([O-])c1cc(C(F)(F)F)ccc1CO. The number of aliphatic hydroxyl groups is 1. The number of nitro benzene ring substituents is 1. The molecule has 0 atom stereocenters. The minimum absolute atomic E-state index is 0.145. The van der Waals surface area contributed by atoms with Crippen molar-refractivity contribution in [2.75, 3.05) is 0 Å². The van der Waals surface area contributed by atoms with Crippen molar-refractivity contribution in [1.29, 1.82) is 0 Å². The summed E-state index contributed by atoms with van der Waals surface area (Å²) in [4.78, 5) is 9.43. The lowest BCUT2D eigenvalue weighted by Gasteiger charge is -2.07. The molecule has 1 aromatic carbocycles. The van der Waals surface area contributed by atoms with E-state index in [1.165, 1.54) is 0 Å². The van der Waals surface area contributed by atoms with Crippen molar-refractivity contribution < 1.29 is 23.2 Å². The number of alkyl halides is 3. The Morgan fingerprint density at radius 3 is 2.40 bits per heavy atom. The van der Waals surface area contributed by atoms with Crippen LogP contribution in [0.1, 0.15) is 11.1 Å². The Morgan fingerprint density at radius 1 is 1.40 bits per heavy atom. The topological polar surface area (TPSA) is 63.4 Å². The van der Waals surface area contributed by atoms with Crippen molar-refractivity contribution in [2.24, 2.45) is 0 Å². The fraction of sp³-hybridized carbons (Fsp3) is 0.250. The molecule has 0 aliphatic carbocycles. The number of halogens is 3. The van der Waals surface area contributed by atoms with Gasteiger partial charge in [-0.1, -0.05) is 0 Å². The molecule has 0 bridgehead atoms. The highest BCUT2D eigenvalue weighted by Gasteiger charge is 2.32. The molecule has 0 aliphatic rings. The van der Waals surface area contributed by atoms with Crippen LogP contribution in [0.5, 0.6) is 0 Å². The van der Waals surface area contributed by atoms with Crippen LogP contribution in [0.25, 0.3) is 0 Å². The molecule has 0 unspecified atom stereocenters. The number of hydrogen-bond donors (Lipinski definition) is 1. The van der Waals surface area contributed by atoms with E-state index < -0.39 is 29.0 Å². The Hall–Kier alpha value is -1.63. The van der Waals surface area contributed by atoms with Crippen LogP contribution >= 0.6 is 0 Å². The number of aliphatic hydroxyl groups excluding tert-OH is 1. The minimum Gasteiger partial charge on any atom is -0.391 e. The van der Waals surface area contributed by atoms with E-state index in [2.05, 4.69) is 0 Å². The summed E-state index contributed by atoms with van der Waals surface area (Å²) in [5.41, 5.74) is -1.98. The first-order valence-electron chi connectivity index (χ1n) is 3.81. The summed E-state index contributed by atoms with van der Waals surface area (Å²) in [5, 5.41) is 19.1. The molecule has 1 N–H and O–H groups in total. The zero-order chi connectivity index (χ0) is 11.6. The van der Waals surface area contributed by atoms with Gasteiger partial charge in [-0.05, 0) is 12.1 Å². The van der Waals surface area contributed by atoms with Gasteiger partial charge in [-0.25, -0.2) is 0 Å². The normalized spacial score (nSPS) is 11.5. The van der Waals surface area contributed by atoms with Gasteiger partial charge in [0, 0.05) is 6.07 Å². The Bertz CT molecular complexity index is 389. The van der Waals surface area contributed by atoms with Crippen molar-refractivity contribution in [3.8, 4) is 0 Å². The van der Waals surface area contributed by atoms with Crippen molar-refractivity contribution >= 4 is 5.69 Å². The van der Waals surface area contributed by atoms with Gasteiger partial charge >= 0.3 is 6.18 Å². The fourth-order valence-corrected chi connectivity index (χ4v) is 1.04. The molecule has 82 valence electrons. The van der Waals surface area contributed by atoms with Gasteiger partial charge in [0.1, 0.15) is 0 Å². The van der Waals surface area contributed by atoms with Gasteiger partial charge in [0.25, 0.3) is 5.69 Å². The van der Waals surface area contributed by atoms with Gasteiger partial charge in [-0.2, -0.15) is 13.2 Å². The van der Waals surface area contributed by atoms with E-state index in [-0.39, 0.29) is 5.56 Å². The Morgan fingerprint density at radius 2 is 2.00 bits per heavy atom. The molecule has 0 heterocycles. The van der Waals surface area contributed by atoms with Crippen molar-refractivity contribution in [1.82, 2.24) is 0 Å². The van der Waals surface area contributed by atoms with Gasteiger partial charge in [0.2, 0.25) is 0 Å². The third-order valence-electron chi connectivity index (χ3n) is 1.78. The van der Waals surface area contributed by atoms with Crippen LogP contribution in [0, 0.1) is 10.1 Å². The molecule has 0 fully saturated rings. The Labute approximate surface area is 82.1 Å². The first-order valence-corrected chi connectivity index (χ1v) is 3.81. The van der Waals surface area contributed by atoms with Crippen LogP contribution in [0.4, 0.5) is 18.9 Å². The number of hydrogen-bond acceptors (Lipinski definition) is 3. The molecule has 0 amide bonds. The molecular formula is C8H6F3NO3. The van der Waals surface area contributed by atoms with Crippen molar-refractivity contribution in [3.63, 3.8) is 0 Å². The maximum Gasteiger partial charge on any atom is 0.416 e. The number of rotatable bonds is 2. The first-order chi connectivity index (χ1) is 6.86. The van der Waals surface area contributed by atoms with Crippen LogP contribution in [0.2, 0.25) is 0 Å². The lowest BCUT2D eigenvalue weighted by molar-refractivity contribution is -0.386. The van der Waals surface area contributed by atoms with Gasteiger partial charge in [-0.15, -0.1) is 0 Å². The van der Waals surface area contributed by atoms with Crippen molar-refractivity contribution in [3.05, 3.63) is 39.4 Å². The Kier molecular flexibility index (Phi) is 2.94. The summed E-state index contributed by atoms with van der Waals surface area (Å²) in [6.07, 6.45) is -4.63. The zero-order valence-corrected chi connectivity index (χ0v) is 7.28. The molecule has 0 aromatic heterocycles. The summed E-state index contributed by atoms with van der Waals surface area (Å²) >= 11 is 0. The molecular weight excluding hydrogens is 215 g/mol. The van der Waals surface area contributed by atoms with Crippen LogP contribution < -0.4 is 0 Å². The van der Waals surface area contributed by atoms with Crippen LogP contribution in [-0.4, -0.2) is 10.0 Å². The van der Waals surface area contributed by atoms with Crippen LogP contribution in [0.15, 0.2) is 18.2 Å². The molecule has 0 radical (unpaired) electrons. The van der Waals surface area contributed by atoms with E-state index >= 15 is 0 Å². The maximum atomic E-state index is 12.2. The average Bonchev–Trinajstić information content (AvgIpc) is 2.15. The third kappa shape index (κ3) is 2.44. The molecule has 0 aliphatic heterocycles. The van der Waals surface area contributed by atoms with Gasteiger partial charge in [-0.3, -0.25) is 10.1 Å². The maximum absolute atomic E-state index is 12.2. The largest absolute Gasteiger partial charge is 0.416 e. The van der Waals surface area contributed by atoms with E-state index in [9.17, 15) is 23.3 Å². The van der Waals surface area contributed by atoms with Gasteiger partial charge < -0.3 is 5.11 Å². The summed E-state index contributed by atoms with van der Waals surface area (Å²) in [7, 11) is 0. The average molecular weight is 221 g/mol. The predicted octanol–water partition coefficient (Wildman–Crippen LogP) is 2.11. The smallest absolute Gasteiger partial charge is 0.391 e. The summed E-state index contributed by atoms with van der Waals surface area (Å²) < 4.78 is 36.5. The van der Waals surface area contributed by atoms with Crippen LogP contribution in [-0.2, 0) is 12.8 Å². The number of nitro groups is 1. The molecule has 15 heavy (non-hydrogen) atoms. The fourth-order valence-electron chi connectivity index (χ4n) is 1.04. The highest BCUT2D eigenvalue weighted by atomic mass is 19.4. The Balaban J connectivity index is 3.28. The van der Waals surface area contributed by atoms with Crippen LogP contribution in [0.3, 0.4) is 0 Å². The zero-order valence-electron chi connectivity index (χ0n) is 7.28. The molecule has 0 saturated heterocycles. The lowest BCUT2D eigenvalue weighted by Crippen LogP contribution is -2.06. The number of nitrogens with zero attached hydrogens (tertiary/aromatic N) is 1. The summed E-state index contributed by atoms with van der Waals surface area (Å²) in [6.45, 7) is -0.672. The van der Waals surface area contributed by atoms with E-state index in [4.69, 9.17) is 5.11 Å². The minimum atomic E-state index is -4.63. The second-order valence-electron chi connectivity index (χ2n) is 2.76. The monoisotopic (exact) mass is 221 g/mol. The van der Waals surface area contributed by atoms with E-state index in [1.54, 1.807) is 0 Å². The summed E-state index contributed by atoms with van der Waals surface area (Å²) in [5.74, 6) is 0. The molecule has 7 heteroatoms. The lowest BCUT2D eigenvalue weighted by atomic mass is 10.1. The molecule has 4 nitrogen and oxygen atoms in total. The van der Waals surface area contributed by atoms with Gasteiger partial charge in [0.05, 0.1) is 22.7 Å². The second kappa shape index (κ2) is 3.85. The molecule has 0 spiro atoms.